The minimum absolute atomic E-state index is 0.394. The zero-order valence-electron chi connectivity index (χ0n) is 8.37. The average Bonchev–Trinajstić information content (AvgIpc) is 2.27. The molecule has 2 rings (SSSR count). The molecule has 1 N–H and O–H groups in total. The van der Waals surface area contributed by atoms with Gasteiger partial charge in [-0.2, -0.15) is 0 Å². The first kappa shape index (κ1) is 10.6. The Bertz CT molecular complexity index is 338. The summed E-state index contributed by atoms with van der Waals surface area (Å²) < 4.78 is 24.9. The van der Waals surface area contributed by atoms with Crippen LogP contribution in [0.25, 0.3) is 0 Å². The van der Waals surface area contributed by atoms with Gasteiger partial charge in [0, 0.05) is 5.92 Å². The molecule has 0 aromatic heterocycles. The maximum absolute atomic E-state index is 12.5. The number of benzene rings is 1. The van der Waals surface area contributed by atoms with Crippen molar-refractivity contribution >= 4 is 0 Å². The van der Waals surface area contributed by atoms with Gasteiger partial charge in [0.1, 0.15) is 6.10 Å². The van der Waals surface area contributed by atoms with Gasteiger partial charge in [0.05, 0.1) is 0 Å². The van der Waals surface area contributed by atoms with E-state index in [1.54, 1.807) is 0 Å². The van der Waals surface area contributed by atoms with E-state index < -0.39 is 18.4 Å². The Morgan fingerprint density at radius 2 is 2.00 bits per heavy atom. The highest BCUT2D eigenvalue weighted by atomic mass is 19.3. The van der Waals surface area contributed by atoms with Crippen molar-refractivity contribution in [1.29, 1.82) is 0 Å². The summed E-state index contributed by atoms with van der Waals surface area (Å²) in [5.74, 6) is -0.394. The molecule has 0 bridgehead atoms. The van der Waals surface area contributed by atoms with Crippen LogP contribution in [0.1, 0.15) is 29.9 Å². The predicted octanol–water partition coefficient (Wildman–Crippen LogP) is 2.73. The van der Waals surface area contributed by atoms with Gasteiger partial charge in [-0.15, -0.1) is 0 Å². The molecule has 0 amide bonds. The Morgan fingerprint density at radius 3 is 2.73 bits per heavy atom. The molecule has 0 spiro atoms. The van der Waals surface area contributed by atoms with Gasteiger partial charge in [0.15, 0.2) is 0 Å². The average molecular weight is 212 g/mol. The lowest BCUT2D eigenvalue weighted by Crippen LogP contribution is -2.29. The molecule has 0 aliphatic heterocycles. The van der Waals surface area contributed by atoms with Crippen molar-refractivity contribution in [1.82, 2.24) is 0 Å². The number of halogens is 2. The van der Waals surface area contributed by atoms with Gasteiger partial charge in [-0.05, 0) is 30.4 Å². The molecule has 1 aliphatic rings. The van der Waals surface area contributed by atoms with Crippen molar-refractivity contribution in [2.24, 2.45) is 0 Å². The summed E-state index contributed by atoms with van der Waals surface area (Å²) in [5, 5.41) is 9.45. The van der Waals surface area contributed by atoms with Gasteiger partial charge in [-0.25, -0.2) is 8.78 Å². The van der Waals surface area contributed by atoms with Crippen LogP contribution in [0, 0.1) is 0 Å². The zero-order chi connectivity index (χ0) is 10.8. The normalized spacial score (nSPS) is 22.5. The third-order valence-electron chi connectivity index (χ3n) is 3.09. The molecule has 82 valence electrons. The maximum Gasteiger partial charge on any atom is 0.264 e. The van der Waals surface area contributed by atoms with E-state index in [1.807, 2.05) is 24.3 Å². The molecule has 0 saturated carbocycles. The summed E-state index contributed by atoms with van der Waals surface area (Å²) >= 11 is 0. The Balaban J connectivity index is 2.29. The topological polar surface area (TPSA) is 20.2 Å². The highest BCUT2D eigenvalue weighted by Gasteiger charge is 2.31. The molecular weight excluding hydrogens is 198 g/mol. The second-order valence-corrected chi connectivity index (χ2v) is 4.02. The van der Waals surface area contributed by atoms with Crippen molar-refractivity contribution in [2.45, 2.75) is 37.7 Å². The summed E-state index contributed by atoms with van der Waals surface area (Å²) in [4.78, 5) is 0. The first-order valence-corrected chi connectivity index (χ1v) is 5.24. The lowest BCUT2D eigenvalue weighted by atomic mass is 9.80. The Morgan fingerprint density at radius 1 is 1.27 bits per heavy atom. The van der Waals surface area contributed by atoms with E-state index in [-0.39, 0.29) is 0 Å². The molecule has 0 fully saturated rings. The Kier molecular flexibility index (Phi) is 3.00. The van der Waals surface area contributed by atoms with Crippen LogP contribution < -0.4 is 0 Å². The predicted molar refractivity (Wildman–Crippen MR) is 54.1 cm³/mol. The quantitative estimate of drug-likeness (QED) is 0.799. The third kappa shape index (κ3) is 2.02. The van der Waals surface area contributed by atoms with E-state index in [9.17, 15) is 13.9 Å². The summed E-state index contributed by atoms with van der Waals surface area (Å²) in [7, 11) is 0. The fourth-order valence-electron chi connectivity index (χ4n) is 2.32. The van der Waals surface area contributed by atoms with Gasteiger partial charge >= 0.3 is 0 Å². The molecule has 2 atom stereocenters. The molecule has 1 nitrogen and oxygen atoms in total. The first-order chi connectivity index (χ1) is 7.20. The minimum Gasteiger partial charge on any atom is -0.387 e. The van der Waals surface area contributed by atoms with Gasteiger partial charge < -0.3 is 5.11 Å². The summed E-state index contributed by atoms with van der Waals surface area (Å²) in [5.41, 5.74) is 2.00. The first-order valence-electron chi connectivity index (χ1n) is 5.24. The highest BCUT2D eigenvalue weighted by Crippen LogP contribution is 2.35. The fraction of sp³-hybridized carbons (Fsp3) is 0.500. The second-order valence-electron chi connectivity index (χ2n) is 4.02. The number of fused-ring (bicyclic) bond motifs is 1. The number of aryl methyl sites for hydroxylation is 1. The molecular formula is C12H14F2O. The number of hydrogen-bond donors (Lipinski definition) is 1. The van der Waals surface area contributed by atoms with Gasteiger partial charge in [0.2, 0.25) is 0 Å². The minimum atomic E-state index is -2.65. The number of aliphatic hydroxyl groups excluding tert-OH is 1. The number of alkyl halides is 2. The fourth-order valence-corrected chi connectivity index (χ4v) is 2.32. The number of rotatable bonds is 2. The van der Waals surface area contributed by atoms with Crippen molar-refractivity contribution in [3.8, 4) is 0 Å². The lowest BCUT2D eigenvalue weighted by Gasteiger charge is -2.28. The van der Waals surface area contributed by atoms with E-state index in [1.165, 1.54) is 0 Å². The molecule has 15 heavy (non-hydrogen) atoms. The van der Waals surface area contributed by atoms with Crippen LogP contribution in [-0.2, 0) is 6.42 Å². The smallest absolute Gasteiger partial charge is 0.264 e. The largest absolute Gasteiger partial charge is 0.387 e. The Hall–Kier alpha value is -0.960. The molecule has 1 aromatic rings. The molecule has 3 heteroatoms. The van der Waals surface area contributed by atoms with Crippen LogP contribution >= 0.6 is 0 Å². The van der Waals surface area contributed by atoms with Crippen LogP contribution in [0.2, 0.25) is 0 Å². The zero-order valence-corrected chi connectivity index (χ0v) is 8.37. The van der Waals surface area contributed by atoms with Crippen LogP contribution in [0.5, 0.6) is 0 Å². The monoisotopic (exact) mass is 212 g/mol. The van der Waals surface area contributed by atoms with E-state index in [2.05, 4.69) is 0 Å². The third-order valence-corrected chi connectivity index (χ3v) is 3.09. The molecule has 0 saturated heterocycles. The summed E-state index contributed by atoms with van der Waals surface area (Å²) in [6.07, 6.45) is -1.70. The molecule has 0 heterocycles. The molecule has 1 aliphatic carbocycles. The van der Waals surface area contributed by atoms with Gasteiger partial charge in [-0.1, -0.05) is 24.3 Å². The molecule has 1 aromatic carbocycles. The van der Waals surface area contributed by atoms with E-state index >= 15 is 0 Å². The summed E-state index contributed by atoms with van der Waals surface area (Å²) in [6.45, 7) is 0. The van der Waals surface area contributed by atoms with E-state index in [4.69, 9.17) is 0 Å². The van der Waals surface area contributed by atoms with Crippen molar-refractivity contribution in [2.75, 3.05) is 0 Å². The van der Waals surface area contributed by atoms with E-state index in [0.29, 0.717) is 6.42 Å². The molecule has 2 unspecified atom stereocenters. The van der Waals surface area contributed by atoms with Crippen LogP contribution in [-0.4, -0.2) is 17.6 Å². The van der Waals surface area contributed by atoms with Crippen molar-refractivity contribution < 1.29 is 13.9 Å². The van der Waals surface area contributed by atoms with Gasteiger partial charge in [-0.3, -0.25) is 0 Å². The van der Waals surface area contributed by atoms with Gasteiger partial charge in [0.25, 0.3) is 6.43 Å². The van der Waals surface area contributed by atoms with Crippen molar-refractivity contribution in [3.05, 3.63) is 35.4 Å². The summed E-state index contributed by atoms with van der Waals surface area (Å²) in [6, 6.07) is 7.57. The van der Waals surface area contributed by atoms with Crippen molar-refractivity contribution in [3.63, 3.8) is 0 Å². The van der Waals surface area contributed by atoms with Crippen LogP contribution in [0.15, 0.2) is 24.3 Å². The highest BCUT2D eigenvalue weighted by molar-refractivity contribution is 5.33. The lowest BCUT2D eigenvalue weighted by molar-refractivity contribution is -0.0231. The van der Waals surface area contributed by atoms with E-state index in [0.717, 1.165) is 24.0 Å². The Labute approximate surface area is 87.7 Å². The number of aliphatic hydroxyl groups is 1. The van der Waals surface area contributed by atoms with Crippen LogP contribution in [0.4, 0.5) is 8.78 Å². The standard InChI is InChI=1S/C12H14F2O/c13-12(14)11(15)10-7-3-5-8-4-1-2-6-9(8)10/h1-2,4,6,10-12,15H,3,5,7H2. The SMILES string of the molecule is OC(C(F)F)C1CCCc2ccccc21. The second kappa shape index (κ2) is 4.27. The van der Waals surface area contributed by atoms with Crippen LogP contribution in [0.3, 0.4) is 0 Å². The molecule has 0 radical (unpaired) electrons. The maximum atomic E-state index is 12.5. The number of hydrogen-bond acceptors (Lipinski definition) is 1.